The highest BCUT2D eigenvalue weighted by atomic mass is 28.4. The summed E-state index contributed by atoms with van der Waals surface area (Å²) in [6, 6.07) is 1.99. The van der Waals surface area contributed by atoms with Crippen molar-refractivity contribution >= 4 is 20.0 Å². The van der Waals surface area contributed by atoms with Crippen molar-refractivity contribution in [2.45, 2.75) is 111 Å². The molecule has 0 aromatic heterocycles. The van der Waals surface area contributed by atoms with Crippen molar-refractivity contribution in [1.82, 2.24) is 5.32 Å². The van der Waals surface area contributed by atoms with Crippen LogP contribution in [0.5, 0.6) is 11.5 Å². The summed E-state index contributed by atoms with van der Waals surface area (Å²) in [7, 11) is -2.14. The summed E-state index contributed by atoms with van der Waals surface area (Å²) >= 11 is 0. The number of Topliss-reactive ketones (excluding diaryl/α,β-unsaturated/α-hetero) is 1. The Morgan fingerprint density at radius 1 is 1.11 bits per heavy atom. The average Bonchev–Trinajstić information content (AvgIpc) is 3.11. The molecule has 1 N–H and O–H groups in total. The fraction of sp³-hybridized carbons (Fsp3) is 0.724. The van der Waals surface area contributed by atoms with Gasteiger partial charge in [0.2, 0.25) is 8.32 Å². The van der Waals surface area contributed by atoms with Gasteiger partial charge in [-0.2, -0.15) is 0 Å². The number of hydrogen-bond acceptors (Lipinski definition) is 4. The number of nitrogens with one attached hydrogen (secondary N) is 1. The van der Waals surface area contributed by atoms with Crippen LogP contribution < -0.4 is 14.5 Å². The Morgan fingerprint density at radius 2 is 1.80 bits per heavy atom. The monoisotopic (exact) mass is 497 g/mol. The van der Waals surface area contributed by atoms with E-state index in [1.165, 1.54) is 0 Å². The van der Waals surface area contributed by atoms with Crippen LogP contribution in [-0.4, -0.2) is 25.6 Å². The average molecular weight is 498 g/mol. The van der Waals surface area contributed by atoms with Gasteiger partial charge in [0.15, 0.2) is 0 Å². The number of rotatable bonds is 2. The van der Waals surface area contributed by atoms with E-state index in [-0.39, 0.29) is 22.3 Å². The van der Waals surface area contributed by atoms with Crippen LogP contribution >= 0.6 is 0 Å². The van der Waals surface area contributed by atoms with E-state index in [9.17, 15) is 9.59 Å². The van der Waals surface area contributed by atoms with Crippen molar-refractivity contribution in [3.63, 3.8) is 0 Å². The molecule has 1 spiro atoms. The molecule has 2 fully saturated rings. The third-order valence-corrected chi connectivity index (χ3v) is 15.3. The second kappa shape index (κ2) is 7.36. The lowest BCUT2D eigenvalue weighted by Gasteiger charge is -2.65. The second-order valence-corrected chi connectivity index (χ2v) is 18.7. The summed E-state index contributed by atoms with van der Waals surface area (Å²) in [6.45, 7) is 20.8. The predicted octanol–water partition coefficient (Wildman–Crippen LogP) is 6.43. The minimum Gasteiger partial charge on any atom is -0.543 e. The first-order valence-corrected chi connectivity index (χ1v) is 16.3. The number of carbonyl (C=O) groups excluding carboxylic acids is 2. The van der Waals surface area contributed by atoms with Crippen molar-refractivity contribution in [2.24, 2.45) is 22.7 Å². The van der Waals surface area contributed by atoms with Gasteiger partial charge in [-0.3, -0.25) is 9.59 Å². The minimum atomic E-state index is -2.14. The van der Waals surface area contributed by atoms with Gasteiger partial charge in [-0.05, 0) is 55.8 Å². The number of carbonyl (C=O) groups is 2. The smallest absolute Gasteiger partial charge is 0.252 e. The predicted molar refractivity (Wildman–Crippen MR) is 141 cm³/mol. The number of hydrogen-bond donors (Lipinski definition) is 1. The molecule has 0 radical (unpaired) electrons. The summed E-state index contributed by atoms with van der Waals surface area (Å²) in [4.78, 5) is 25.9. The molecule has 0 bridgehead atoms. The van der Waals surface area contributed by atoms with Crippen molar-refractivity contribution in [1.29, 1.82) is 0 Å². The molecule has 5 rings (SSSR count). The zero-order valence-corrected chi connectivity index (χ0v) is 24.1. The summed E-state index contributed by atoms with van der Waals surface area (Å²) < 4.78 is 14.2. The van der Waals surface area contributed by atoms with Crippen LogP contribution in [0.15, 0.2) is 6.07 Å². The van der Waals surface area contributed by atoms with Crippen molar-refractivity contribution in [3.05, 3.63) is 22.8 Å². The van der Waals surface area contributed by atoms with Gasteiger partial charge in [-0.15, -0.1) is 0 Å². The lowest BCUT2D eigenvalue weighted by molar-refractivity contribution is -0.208. The van der Waals surface area contributed by atoms with Gasteiger partial charge < -0.3 is 14.5 Å². The van der Waals surface area contributed by atoms with E-state index in [2.05, 4.69) is 66.9 Å². The summed E-state index contributed by atoms with van der Waals surface area (Å²) in [5.74, 6) is 2.62. The molecule has 1 aromatic rings. The van der Waals surface area contributed by atoms with E-state index in [0.717, 1.165) is 48.3 Å². The number of amides is 1. The van der Waals surface area contributed by atoms with Gasteiger partial charge in [0.05, 0.1) is 5.56 Å². The van der Waals surface area contributed by atoms with Gasteiger partial charge in [0.25, 0.3) is 5.91 Å². The highest BCUT2D eigenvalue weighted by Crippen LogP contribution is 2.66. The first-order valence-electron chi connectivity index (χ1n) is 13.4. The lowest BCUT2D eigenvalue weighted by atomic mass is 9.44. The van der Waals surface area contributed by atoms with Crippen LogP contribution in [0.3, 0.4) is 0 Å². The molecule has 2 heterocycles. The molecule has 5 nitrogen and oxygen atoms in total. The zero-order chi connectivity index (χ0) is 25.8. The van der Waals surface area contributed by atoms with Crippen LogP contribution in [0.4, 0.5) is 0 Å². The molecule has 4 aliphatic rings. The van der Waals surface area contributed by atoms with Gasteiger partial charge in [0.1, 0.15) is 22.9 Å². The Morgan fingerprint density at radius 3 is 2.46 bits per heavy atom. The fourth-order valence-corrected chi connectivity index (χ4v) is 8.33. The molecule has 192 valence electrons. The van der Waals surface area contributed by atoms with Crippen LogP contribution in [-0.2, 0) is 17.8 Å². The third kappa shape index (κ3) is 3.23. The summed E-state index contributed by atoms with van der Waals surface area (Å²) in [5.41, 5.74) is 1.84. The normalized spacial score (nSPS) is 33.6. The number of benzene rings is 1. The molecule has 0 saturated heterocycles. The highest BCUT2D eigenvalue weighted by molar-refractivity contribution is 6.74. The van der Waals surface area contributed by atoms with E-state index in [0.29, 0.717) is 30.2 Å². The maximum absolute atomic E-state index is 13.1. The fourth-order valence-electron chi connectivity index (χ4n) is 7.29. The van der Waals surface area contributed by atoms with E-state index in [1.54, 1.807) is 0 Å². The van der Waals surface area contributed by atoms with Gasteiger partial charge in [-0.1, -0.05) is 48.5 Å². The molecule has 1 amide bonds. The molecular weight excluding hydrogens is 454 g/mol. The topological polar surface area (TPSA) is 64.6 Å². The maximum Gasteiger partial charge on any atom is 0.252 e. The number of ether oxygens (including phenoxy) is 1. The molecule has 6 heteroatoms. The molecule has 2 aliphatic carbocycles. The molecule has 35 heavy (non-hydrogen) atoms. The Kier molecular flexibility index (Phi) is 5.23. The Balaban J connectivity index is 1.72. The Bertz CT molecular complexity index is 1120. The zero-order valence-electron chi connectivity index (χ0n) is 23.1. The first kappa shape index (κ1) is 24.9. The first-order chi connectivity index (χ1) is 16.1. The molecule has 1 aromatic carbocycles. The minimum absolute atomic E-state index is 0.0405. The molecule has 4 atom stereocenters. The molecule has 2 saturated carbocycles. The van der Waals surface area contributed by atoms with Crippen LogP contribution in [0, 0.1) is 22.7 Å². The van der Waals surface area contributed by atoms with E-state index in [1.807, 2.05) is 6.07 Å². The lowest BCUT2D eigenvalue weighted by Crippen LogP contribution is -2.69. The highest BCUT2D eigenvalue weighted by Gasteiger charge is 2.68. The summed E-state index contributed by atoms with van der Waals surface area (Å²) in [6.07, 6.45) is 4.27. The van der Waals surface area contributed by atoms with Gasteiger partial charge >= 0.3 is 0 Å². The molecule has 2 aliphatic heterocycles. The second-order valence-electron chi connectivity index (χ2n) is 14.0. The maximum atomic E-state index is 13.1. The van der Waals surface area contributed by atoms with E-state index >= 15 is 0 Å². The largest absolute Gasteiger partial charge is 0.543 e. The number of fused-ring (bicyclic) bond motifs is 3. The standard InChI is InChI=1S/C29H43NO4Si/c1-17-10-11-22-27(5,6)23(31)12-13-29(22)28(17,7)15-19-21(34-35(8,9)26(2,3)4)14-18-20(24(19)33-29)16-30-25(18)32/h14,17,22H,10-13,15-16H2,1-9H3,(H,30,32)/t17-,22-,28+,29-/m0/s1. The van der Waals surface area contributed by atoms with Crippen molar-refractivity contribution in [3.8, 4) is 11.5 Å². The van der Waals surface area contributed by atoms with Crippen molar-refractivity contribution in [2.75, 3.05) is 0 Å². The SMILES string of the molecule is C[C@H]1CC[C@H]2C(C)(C)C(=O)CC[C@]23Oc2c(c(O[Si](C)(C)C(C)(C)C)cc4c2CNC4=O)C[C@]13C. The summed E-state index contributed by atoms with van der Waals surface area (Å²) in [5, 5.41) is 3.06. The van der Waals surface area contributed by atoms with Crippen LogP contribution in [0.2, 0.25) is 18.1 Å². The van der Waals surface area contributed by atoms with E-state index < -0.39 is 19.3 Å². The quantitative estimate of drug-likeness (QED) is 0.478. The molecule has 0 unspecified atom stereocenters. The Hall–Kier alpha value is -1.82. The van der Waals surface area contributed by atoms with Crippen LogP contribution in [0.1, 0.15) is 95.6 Å². The van der Waals surface area contributed by atoms with Crippen LogP contribution in [0.25, 0.3) is 0 Å². The molecular formula is C29H43NO4Si. The third-order valence-electron chi connectivity index (χ3n) is 10.9. The Labute approximate surface area is 211 Å². The van der Waals surface area contributed by atoms with E-state index in [4.69, 9.17) is 9.16 Å². The van der Waals surface area contributed by atoms with Gasteiger partial charge in [-0.25, -0.2) is 0 Å². The van der Waals surface area contributed by atoms with Gasteiger partial charge in [0, 0.05) is 40.8 Å². The number of ketones is 1. The van der Waals surface area contributed by atoms with Crippen molar-refractivity contribution < 1.29 is 18.8 Å².